The van der Waals surface area contributed by atoms with Crippen molar-refractivity contribution in [2.75, 3.05) is 16.5 Å². The summed E-state index contributed by atoms with van der Waals surface area (Å²) < 4.78 is 0. The van der Waals surface area contributed by atoms with Gasteiger partial charge in [0.2, 0.25) is 0 Å². The third kappa shape index (κ3) is 3.35. The van der Waals surface area contributed by atoms with Gasteiger partial charge in [0.05, 0.1) is 11.4 Å². The quantitative estimate of drug-likeness (QED) is 0.462. The van der Waals surface area contributed by atoms with Crippen molar-refractivity contribution in [3.8, 4) is 0 Å². The molecule has 3 aliphatic rings. The molecule has 0 radical (unpaired) electrons. The molecule has 1 amide bonds. The zero-order valence-electron chi connectivity index (χ0n) is 19.3. The molecule has 3 aromatic carbocycles. The minimum atomic E-state index is -0.649. The van der Waals surface area contributed by atoms with E-state index in [0.717, 1.165) is 37.2 Å². The standard InChI is InChI=1S/C29H28ClN3O/c1-20-29(28(34)33(31-20)25-13-11-24(30)12-14-25)19-23-9-5-6-10-26(23)32-16-15-22(18-27(29)32)17-21-7-3-2-4-8-21/h2-14,22,27H,15-19H2,1H3/t22-,27-,29+/m0/s1. The summed E-state index contributed by atoms with van der Waals surface area (Å²) in [4.78, 5) is 16.8. The van der Waals surface area contributed by atoms with E-state index in [1.165, 1.54) is 16.8 Å². The van der Waals surface area contributed by atoms with Gasteiger partial charge in [-0.25, -0.2) is 0 Å². The lowest BCUT2D eigenvalue weighted by Gasteiger charge is -2.52. The summed E-state index contributed by atoms with van der Waals surface area (Å²) in [7, 11) is 0. The Morgan fingerprint density at radius 2 is 1.74 bits per heavy atom. The second-order valence-electron chi connectivity index (χ2n) is 9.84. The first kappa shape index (κ1) is 21.4. The maximum atomic E-state index is 14.3. The molecule has 0 bridgehead atoms. The van der Waals surface area contributed by atoms with Gasteiger partial charge >= 0.3 is 0 Å². The molecule has 3 aromatic rings. The Hall–Kier alpha value is -3.11. The summed E-state index contributed by atoms with van der Waals surface area (Å²) in [5.74, 6) is 0.619. The lowest BCUT2D eigenvalue weighted by Crippen LogP contribution is -2.62. The first-order chi connectivity index (χ1) is 16.6. The maximum absolute atomic E-state index is 14.3. The minimum absolute atomic E-state index is 0.0807. The Balaban J connectivity index is 1.39. The number of nitrogens with zero attached hydrogens (tertiary/aromatic N) is 3. The van der Waals surface area contributed by atoms with Crippen LogP contribution in [0, 0.1) is 11.3 Å². The lowest BCUT2D eigenvalue weighted by molar-refractivity contribution is -0.125. The molecule has 1 spiro atoms. The first-order valence-electron chi connectivity index (χ1n) is 12.1. The molecule has 3 atom stereocenters. The molecular weight excluding hydrogens is 442 g/mol. The molecular formula is C29H28ClN3O. The number of para-hydroxylation sites is 1. The number of carbonyl (C=O) groups is 1. The Kier molecular flexibility index (Phi) is 5.22. The van der Waals surface area contributed by atoms with E-state index in [4.69, 9.17) is 16.7 Å². The fourth-order valence-electron chi connectivity index (χ4n) is 6.26. The van der Waals surface area contributed by atoms with Gasteiger partial charge in [-0.3, -0.25) is 4.79 Å². The fourth-order valence-corrected chi connectivity index (χ4v) is 6.38. The number of fused-ring (bicyclic) bond motifs is 4. The molecule has 0 unspecified atom stereocenters. The van der Waals surface area contributed by atoms with Gasteiger partial charge in [0.15, 0.2) is 0 Å². The van der Waals surface area contributed by atoms with Crippen LogP contribution in [-0.4, -0.2) is 24.2 Å². The minimum Gasteiger partial charge on any atom is -0.367 e. The monoisotopic (exact) mass is 469 g/mol. The second-order valence-corrected chi connectivity index (χ2v) is 10.3. The topological polar surface area (TPSA) is 35.9 Å². The number of hydrazone groups is 1. The third-order valence-corrected chi connectivity index (χ3v) is 8.21. The summed E-state index contributed by atoms with van der Waals surface area (Å²) in [6.07, 6.45) is 3.85. The zero-order chi connectivity index (χ0) is 23.3. The van der Waals surface area contributed by atoms with E-state index in [-0.39, 0.29) is 11.9 Å². The van der Waals surface area contributed by atoms with Gasteiger partial charge in [-0.2, -0.15) is 10.1 Å². The third-order valence-electron chi connectivity index (χ3n) is 7.96. The van der Waals surface area contributed by atoms with Crippen LogP contribution < -0.4 is 9.91 Å². The van der Waals surface area contributed by atoms with Crippen LogP contribution >= 0.6 is 11.6 Å². The number of amides is 1. The molecule has 34 heavy (non-hydrogen) atoms. The average molecular weight is 470 g/mol. The summed E-state index contributed by atoms with van der Waals surface area (Å²) in [6.45, 7) is 3.00. The average Bonchev–Trinajstić information content (AvgIpc) is 3.11. The number of piperidine rings is 1. The van der Waals surface area contributed by atoms with Crippen molar-refractivity contribution >= 4 is 34.6 Å². The highest BCUT2D eigenvalue weighted by molar-refractivity contribution is 6.30. The summed E-state index contributed by atoms with van der Waals surface area (Å²) in [5, 5.41) is 7.11. The van der Waals surface area contributed by atoms with E-state index in [0.29, 0.717) is 17.4 Å². The van der Waals surface area contributed by atoms with Crippen molar-refractivity contribution in [3.63, 3.8) is 0 Å². The smallest absolute Gasteiger partial charge is 0.261 e. The molecule has 3 heterocycles. The van der Waals surface area contributed by atoms with Gasteiger partial charge < -0.3 is 4.90 Å². The number of carbonyl (C=O) groups excluding carboxylic acids is 1. The molecule has 1 fully saturated rings. The van der Waals surface area contributed by atoms with Gasteiger partial charge in [0.25, 0.3) is 5.91 Å². The SMILES string of the molecule is CC1=NN(c2ccc(Cl)cc2)C(=O)[C@]12Cc1ccccc1N1CC[C@@H](Cc3ccccc3)C[C@H]12. The van der Waals surface area contributed by atoms with Crippen LogP contribution in [0.1, 0.15) is 30.9 Å². The first-order valence-corrected chi connectivity index (χ1v) is 12.5. The van der Waals surface area contributed by atoms with Crippen LogP contribution in [0.2, 0.25) is 5.02 Å². The van der Waals surface area contributed by atoms with Crippen molar-refractivity contribution in [2.45, 2.75) is 38.6 Å². The molecule has 0 aliphatic carbocycles. The van der Waals surface area contributed by atoms with Gasteiger partial charge in [-0.1, -0.05) is 60.1 Å². The number of anilines is 2. The lowest BCUT2D eigenvalue weighted by atomic mass is 9.64. The molecule has 6 rings (SSSR count). The normalized spacial score (nSPS) is 25.8. The summed E-state index contributed by atoms with van der Waals surface area (Å²) in [6, 6.07) is 26.8. The predicted octanol–water partition coefficient (Wildman–Crippen LogP) is 6.13. The van der Waals surface area contributed by atoms with Crippen LogP contribution in [0.4, 0.5) is 11.4 Å². The van der Waals surface area contributed by atoms with Crippen molar-refractivity contribution in [1.82, 2.24) is 0 Å². The fraction of sp³-hybridized carbons (Fsp3) is 0.310. The molecule has 0 N–H and O–H groups in total. The summed E-state index contributed by atoms with van der Waals surface area (Å²) >= 11 is 6.11. The van der Waals surface area contributed by atoms with E-state index < -0.39 is 5.41 Å². The van der Waals surface area contributed by atoms with Crippen LogP contribution in [-0.2, 0) is 17.6 Å². The van der Waals surface area contributed by atoms with Crippen molar-refractivity contribution in [2.24, 2.45) is 16.4 Å². The van der Waals surface area contributed by atoms with Crippen LogP contribution in [0.25, 0.3) is 0 Å². The summed E-state index contributed by atoms with van der Waals surface area (Å²) in [5.41, 5.74) is 4.92. The van der Waals surface area contributed by atoms with Crippen molar-refractivity contribution < 1.29 is 4.79 Å². The largest absolute Gasteiger partial charge is 0.367 e. The van der Waals surface area contributed by atoms with Crippen molar-refractivity contribution in [3.05, 3.63) is 95.0 Å². The Bertz CT molecular complexity index is 1260. The van der Waals surface area contributed by atoms with E-state index in [2.05, 4.69) is 59.5 Å². The molecule has 4 nitrogen and oxygen atoms in total. The van der Waals surface area contributed by atoms with E-state index in [1.54, 1.807) is 5.01 Å². The van der Waals surface area contributed by atoms with Gasteiger partial charge in [0.1, 0.15) is 5.41 Å². The number of hydrogen-bond acceptors (Lipinski definition) is 3. The molecule has 5 heteroatoms. The molecule has 3 aliphatic heterocycles. The van der Waals surface area contributed by atoms with E-state index in [9.17, 15) is 4.79 Å². The number of hydrogen-bond donors (Lipinski definition) is 0. The molecule has 172 valence electrons. The second kappa shape index (κ2) is 8.28. The van der Waals surface area contributed by atoms with Crippen LogP contribution in [0.3, 0.4) is 0 Å². The molecule has 0 saturated carbocycles. The van der Waals surface area contributed by atoms with Crippen LogP contribution in [0.5, 0.6) is 0 Å². The highest BCUT2D eigenvalue weighted by Gasteiger charge is 2.59. The van der Waals surface area contributed by atoms with Gasteiger partial charge in [-0.15, -0.1) is 0 Å². The van der Waals surface area contributed by atoms with Gasteiger partial charge in [0, 0.05) is 23.3 Å². The number of rotatable bonds is 3. The van der Waals surface area contributed by atoms with Crippen molar-refractivity contribution in [1.29, 1.82) is 0 Å². The van der Waals surface area contributed by atoms with Gasteiger partial charge in [-0.05, 0) is 80.0 Å². The predicted molar refractivity (Wildman–Crippen MR) is 139 cm³/mol. The molecule has 0 aromatic heterocycles. The number of benzene rings is 3. The highest BCUT2D eigenvalue weighted by atomic mass is 35.5. The van der Waals surface area contributed by atoms with E-state index >= 15 is 0 Å². The number of halogens is 1. The Morgan fingerprint density at radius 3 is 2.53 bits per heavy atom. The Labute approximate surface area is 205 Å². The molecule has 1 saturated heterocycles. The highest BCUT2D eigenvalue weighted by Crippen LogP contribution is 2.50. The maximum Gasteiger partial charge on any atom is 0.261 e. The van der Waals surface area contributed by atoms with Crippen LogP contribution in [0.15, 0.2) is 84.0 Å². The van der Waals surface area contributed by atoms with E-state index in [1.807, 2.05) is 31.2 Å². The zero-order valence-corrected chi connectivity index (χ0v) is 20.1. The Morgan fingerprint density at radius 1 is 1.00 bits per heavy atom.